The number of carboxylic acid groups (broad SMARTS) is 1. The molecule has 1 aromatic carbocycles. The summed E-state index contributed by atoms with van der Waals surface area (Å²) in [5.74, 6) is -2.37. The zero-order chi connectivity index (χ0) is 25.5. The molecular formula is C20H19ClF2N4O7S. The number of hydrogen-bond donors (Lipinski definition) is 4. The van der Waals surface area contributed by atoms with E-state index in [1.165, 1.54) is 29.2 Å². The maximum absolute atomic E-state index is 13.0. The standard InChI is InChI=1S/C20H19ClF2N4O7S/c21-15-4-3-14(35-15)18(30)24-8-12(26-20(31)32)17(29)25-11-2-1-10(7-13(11)34-19(22)23)27-5-6-33-9-16(27)28/h1-4,7,12,19,26H,5-6,8-9H2,(H,24,30)(H,25,29)(H,31,32)/t12-/m1/s1. The lowest BCUT2D eigenvalue weighted by atomic mass is 10.2. The molecule has 35 heavy (non-hydrogen) atoms. The molecule has 0 spiro atoms. The molecule has 0 radical (unpaired) electrons. The number of nitrogens with zero attached hydrogens (tertiary/aromatic N) is 1. The van der Waals surface area contributed by atoms with Crippen molar-refractivity contribution in [3.05, 3.63) is 39.5 Å². The number of amides is 4. The van der Waals surface area contributed by atoms with E-state index >= 15 is 0 Å². The highest BCUT2D eigenvalue weighted by atomic mass is 35.5. The molecule has 15 heteroatoms. The molecule has 1 atom stereocenters. The van der Waals surface area contributed by atoms with Crippen LogP contribution in [0.4, 0.5) is 25.0 Å². The van der Waals surface area contributed by atoms with E-state index < -0.39 is 42.9 Å². The molecule has 188 valence electrons. The first kappa shape index (κ1) is 26.1. The third-order valence-electron chi connectivity index (χ3n) is 4.61. The van der Waals surface area contributed by atoms with E-state index in [2.05, 4.69) is 15.4 Å². The largest absolute Gasteiger partial charge is 0.465 e. The normalized spacial score (nSPS) is 14.4. The van der Waals surface area contributed by atoms with Gasteiger partial charge in [-0.25, -0.2) is 4.79 Å². The van der Waals surface area contributed by atoms with E-state index in [-0.39, 0.29) is 41.9 Å². The molecule has 11 nitrogen and oxygen atoms in total. The van der Waals surface area contributed by atoms with Crippen LogP contribution in [-0.4, -0.2) is 67.9 Å². The van der Waals surface area contributed by atoms with E-state index in [1.807, 2.05) is 5.32 Å². The first-order valence-corrected chi connectivity index (χ1v) is 11.1. The van der Waals surface area contributed by atoms with Gasteiger partial charge in [0.25, 0.3) is 11.8 Å². The molecule has 0 saturated carbocycles. The first-order chi connectivity index (χ1) is 16.6. The van der Waals surface area contributed by atoms with Gasteiger partial charge in [0.05, 0.1) is 21.5 Å². The van der Waals surface area contributed by atoms with Crippen LogP contribution in [0.5, 0.6) is 5.75 Å². The lowest BCUT2D eigenvalue weighted by Crippen LogP contribution is -2.50. The summed E-state index contributed by atoms with van der Waals surface area (Å²) < 4.78 is 35.9. The molecule has 1 fully saturated rings. The van der Waals surface area contributed by atoms with Crippen LogP contribution in [0.1, 0.15) is 9.67 Å². The molecule has 1 aliphatic rings. The van der Waals surface area contributed by atoms with Crippen LogP contribution in [-0.2, 0) is 14.3 Å². The molecule has 1 saturated heterocycles. The molecule has 4 N–H and O–H groups in total. The van der Waals surface area contributed by atoms with Crippen LogP contribution < -0.4 is 25.6 Å². The van der Waals surface area contributed by atoms with Crippen LogP contribution >= 0.6 is 22.9 Å². The Morgan fingerprint density at radius 1 is 1.26 bits per heavy atom. The summed E-state index contributed by atoms with van der Waals surface area (Å²) in [6.45, 7) is -3.42. The number of halogens is 3. The van der Waals surface area contributed by atoms with Crippen molar-refractivity contribution in [2.75, 3.05) is 36.5 Å². The quantitative estimate of drug-likeness (QED) is 0.388. The Labute approximate surface area is 205 Å². The summed E-state index contributed by atoms with van der Waals surface area (Å²) in [5.41, 5.74) is 0.0438. The van der Waals surface area contributed by atoms with Crippen molar-refractivity contribution in [1.29, 1.82) is 0 Å². The van der Waals surface area contributed by atoms with Crippen molar-refractivity contribution in [3.8, 4) is 5.75 Å². The zero-order valence-corrected chi connectivity index (χ0v) is 19.3. The van der Waals surface area contributed by atoms with Gasteiger partial charge in [-0.1, -0.05) is 11.6 Å². The Kier molecular flexibility index (Phi) is 8.78. The third-order valence-corrected chi connectivity index (χ3v) is 5.84. The van der Waals surface area contributed by atoms with E-state index in [9.17, 15) is 28.0 Å². The Morgan fingerprint density at radius 3 is 2.66 bits per heavy atom. The number of anilines is 2. The summed E-state index contributed by atoms with van der Waals surface area (Å²) in [6, 6.07) is 5.26. The van der Waals surface area contributed by atoms with Crippen molar-refractivity contribution in [1.82, 2.24) is 10.6 Å². The second-order valence-electron chi connectivity index (χ2n) is 6.96. The van der Waals surface area contributed by atoms with Crippen LogP contribution in [0.2, 0.25) is 4.34 Å². The van der Waals surface area contributed by atoms with E-state index in [4.69, 9.17) is 21.4 Å². The van der Waals surface area contributed by atoms with Gasteiger partial charge in [0.2, 0.25) is 5.91 Å². The fourth-order valence-corrected chi connectivity index (χ4v) is 4.02. The maximum atomic E-state index is 13.0. The lowest BCUT2D eigenvalue weighted by Gasteiger charge is -2.27. The van der Waals surface area contributed by atoms with Gasteiger partial charge in [-0.15, -0.1) is 11.3 Å². The fraction of sp³-hybridized carbons (Fsp3) is 0.300. The van der Waals surface area contributed by atoms with E-state index in [1.54, 1.807) is 0 Å². The maximum Gasteiger partial charge on any atom is 0.405 e. The minimum atomic E-state index is -3.24. The van der Waals surface area contributed by atoms with Gasteiger partial charge in [-0.3, -0.25) is 14.4 Å². The molecule has 1 aliphatic heterocycles. The number of nitrogens with one attached hydrogen (secondary N) is 3. The monoisotopic (exact) mass is 532 g/mol. The Balaban J connectivity index is 1.76. The first-order valence-electron chi connectivity index (χ1n) is 9.95. The smallest absolute Gasteiger partial charge is 0.405 e. The van der Waals surface area contributed by atoms with Gasteiger partial charge >= 0.3 is 12.7 Å². The highest BCUT2D eigenvalue weighted by Crippen LogP contribution is 2.32. The SMILES string of the molecule is O=C(O)N[C@H](CNC(=O)c1ccc(Cl)s1)C(=O)Nc1ccc(N2CCOCC2=O)cc1OC(F)F. The number of alkyl halides is 2. The van der Waals surface area contributed by atoms with Crippen molar-refractivity contribution in [2.24, 2.45) is 0 Å². The van der Waals surface area contributed by atoms with Gasteiger partial charge in [0, 0.05) is 24.8 Å². The third kappa shape index (κ3) is 7.24. The van der Waals surface area contributed by atoms with Crippen LogP contribution in [0, 0.1) is 0 Å². The fourth-order valence-electron chi connectivity index (χ4n) is 3.06. The lowest BCUT2D eigenvalue weighted by molar-refractivity contribution is -0.125. The van der Waals surface area contributed by atoms with Gasteiger partial charge in [-0.2, -0.15) is 8.78 Å². The number of rotatable bonds is 9. The minimum Gasteiger partial charge on any atom is -0.465 e. The Bertz CT molecular complexity index is 1120. The highest BCUT2D eigenvalue weighted by molar-refractivity contribution is 7.18. The molecule has 1 aromatic heterocycles. The van der Waals surface area contributed by atoms with Crippen molar-refractivity contribution in [2.45, 2.75) is 12.7 Å². The van der Waals surface area contributed by atoms with Gasteiger partial charge in [0.1, 0.15) is 12.6 Å². The van der Waals surface area contributed by atoms with Crippen molar-refractivity contribution < 1.29 is 42.5 Å². The number of ether oxygens (including phenoxy) is 2. The number of benzene rings is 1. The summed E-state index contributed by atoms with van der Waals surface area (Å²) in [5, 5.41) is 15.7. The molecule has 0 bridgehead atoms. The number of carbonyl (C=O) groups is 4. The molecule has 2 aromatic rings. The average Bonchev–Trinajstić information content (AvgIpc) is 3.23. The molecule has 4 amide bonds. The summed E-state index contributed by atoms with van der Waals surface area (Å²) >= 11 is 6.77. The Morgan fingerprint density at radius 2 is 2.03 bits per heavy atom. The summed E-state index contributed by atoms with van der Waals surface area (Å²) in [7, 11) is 0. The van der Waals surface area contributed by atoms with E-state index in [0.29, 0.717) is 4.34 Å². The molecule has 0 aliphatic carbocycles. The summed E-state index contributed by atoms with van der Waals surface area (Å²) in [6.07, 6.45) is -1.55. The van der Waals surface area contributed by atoms with Crippen LogP contribution in [0.3, 0.4) is 0 Å². The predicted octanol–water partition coefficient (Wildman–Crippen LogP) is 2.37. The second kappa shape index (κ2) is 11.8. The summed E-state index contributed by atoms with van der Waals surface area (Å²) in [4.78, 5) is 49.7. The number of hydrogen-bond acceptors (Lipinski definition) is 7. The van der Waals surface area contributed by atoms with Crippen LogP contribution in [0.15, 0.2) is 30.3 Å². The molecule has 3 rings (SSSR count). The van der Waals surface area contributed by atoms with E-state index in [0.717, 1.165) is 17.4 Å². The highest BCUT2D eigenvalue weighted by Gasteiger charge is 2.26. The topological polar surface area (TPSA) is 146 Å². The predicted molar refractivity (Wildman–Crippen MR) is 121 cm³/mol. The van der Waals surface area contributed by atoms with Gasteiger partial charge in [0.15, 0.2) is 5.75 Å². The van der Waals surface area contributed by atoms with Gasteiger partial charge < -0.3 is 35.4 Å². The number of thiophene rings is 1. The molecular weight excluding hydrogens is 514 g/mol. The second-order valence-corrected chi connectivity index (χ2v) is 8.68. The molecule has 2 heterocycles. The van der Waals surface area contributed by atoms with Crippen molar-refractivity contribution in [3.63, 3.8) is 0 Å². The minimum absolute atomic E-state index is 0.171. The van der Waals surface area contributed by atoms with Crippen molar-refractivity contribution >= 4 is 58.1 Å². The zero-order valence-electron chi connectivity index (χ0n) is 17.8. The van der Waals surface area contributed by atoms with Gasteiger partial charge in [-0.05, 0) is 24.3 Å². The Hall–Kier alpha value is -3.49. The van der Waals surface area contributed by atoms with Crippen LogP contribution in [0.25, 0.3) is 0 Å². The number of morpholine rings is 1. The number of carbonyl (C=O) groups excluding carboxylic acids is 3. The average molecular weight is 533 g/mol. The molecule has 0 unspecified atom stereocenters.